The normalized spacial score (nSPS) is 23.2. The van der Waals surface area contributed by atoms with Crippen LogP contribution in [0.15, 0.2) is 16.9 Å². The summed E-state index contributed by atoms with van der Waals surface area (Å²) >= 11 is 3.42. The highest BCUT2D eigenvalue weighted by molar-refractivity contribution is 9.10. The van der Waals surface area contributed by atoms with E-state index in [0.717, 1.165) is 17.1 Å². The maximum atomic E-state index is 4.29. The van der Waals surface area contributed by atoms with Gasteiger partial charge in [-0.3, -0.25) is 9.58 Å². The molecule has 4 heteroatoms. The Hall–Kier alpha value is -0.350. The molecule has 3 nitrogen and oxygen atoms in total. The molecule has 0 N–H and O–H groups in total. The van der Waals surface area contributed by atoms with Crippen LogP contribution < -0.4 is 0 Å². The standard InChI is InChI=1S/C11H18BrN3/c1-2-10-4-3-5-14(7-10)9-15-8-11(12)6-13-15/h6,8,10H,2-5,7,9H2,1H3. The Balaban J connectivity index is 1.88. The predicted molar refractivity (Wildman–Crippen MR) is 64.5 cm³/mol. The summed E-state index contributed by atoms with van der Waals surface area (Å²) in [6, 6.07) is 0. The van der Waals surface area contributed by atoms with Gasteiger partial charge in [0.25, 0.3) is 0 Å². The van der Waals surface area contributed by atoms with Gasteiger partial charge < -0.3 is 0 Å². The van der Waals surface area contributed by atoms with Gasteiger partial charge in [0.2, 0.25) is 0 Å². The van der Waals surface area contributed by atoms with Crippen LogP contribution >= 0.6 is 15.9 Å². The molecule has 15 heavy (non-hydrogen) atoms. The van der Waals surface area contributed by atoms with Crippen molar-refractivity contribution in [3.05, 3.63) is 16.9 Å². The summed E-state index contributed by atoms with van der Waals surface area (Å²) < 4.78 is 3.06. The first-order valence-electron chi connectivity index (χ1n) is 5.68. The van der Waals surface area contributed by atoms with Crippen molar-refractivity contribution in [1.29, 1.82) is 0 Å². The Labute approximate surface area is 99.6 Å². The van der Waals surface area contributed by atoms with Crippen molar-refractivity contribution in [2.24, 2.45) is 5.92 Å². The molecule has 0 aromatic carbocycles. The van der Waals surface area contributed by atoms with Crippen LogP contribution in [0.5, 0.6) is 0 Å². The molecule has 1 aromatic rings. The number of nitrogens with zero attached hydrogens (tertiary/aromatic N) is 3. The fraction of sp³-hybridized carbons (Fsp3) is 0.727. The maximum absolute atomic E-state index is 4.29. The highest BCUT2D eigenvalue weighted by Crippen LogP contribution is 2.19. The Morgan fingerprint density at radius 2 is 2.47 bits per heavy atom. The van der Waals surface area contributed by atoms with Crippen molar-refractivity contribution in [3.63, 3.8) is 0 Å². The molecule has 1 aromatic heterocycles. The molecular formula is C11H18BrN3. The number of rotatable bonds is 3. The Morgan fingerprint density at radius 1 is 1.60 bits per heavy atom. The average molecular weight is 272 g/mol. The summed E-state index contributed by atoms with van der Waals surface area (Å²) in [5.74, 6) is 0.887. The molecule has 1 fully saturated rings. The van der Waals surface area contributed by atoms with Gasteiger partial charge in [-0.1, -0.05) is 13.3 Å². The number of piperidine rings is 1. The van der Waals surface area contributed by atoms with Gasteiger partial charge in [0.05, 0.1) is 17.3 Å². The van der Waals surface area contributed by atoms with Crippen LogP contribution in [0.3, 0.4) is 0 Å². The second kappa shape index (κ2) is 5.12. The summed E-state index contributed by atoms with van der Waals surface area (Å²) in [6.45, 7) is 5.67. The van der Waals surface area contributed by atoms with Gasteiger partial charge in [-0.25, -0.2) is 0 Å². The third kappa shape index (κ3) is 3.05. The molecule has 2 rings (SSSR count). The summed E-state index contributed by atoms with van der Waals surface area (Å²) in [5, 5.41) is 4.29. The van der Waals surface area contributed by atoms with E-state index in [0.29, 0.717) is 0 Å². The highest BCUT2D eigenvalue weighted by Gasteiger charge is 2.18. The van der Waals surface area contributed by atoms with Crippen molar-refractivity contribution in [3.8, 4) is 0 Å². The lowest BCUT2D eigenvalue weighted by Gasteiger charge is -2.31. The van der Waals surface area contributed by atoms with E-state index in [4.69, 9.17) is 0 Å². The van der Waals surface area contributed by atoms with Gasteiger partial charge >= 0.3 is 0 Å². The van der Waals surface area contributed by atoms with E-state index >= 15 is 0 Å². The van der Waals surface area contributed by atoms with E-state index < -0.39 is 0 Å². The zero-order valence-corrected chi connectivity index (χ0v) is 10.8. The fourth-order valence-corrected chi connectivity index (χ4v) is 2.56. The first-order chi connectivity index (χ1) is 7.28. The lowest BCUT2D eigenvalue weighted by atomic mass is 9.96. The van der Waals surface area contributed by atoms with Gasteiger partial charge in [0.1, 0.15) is 0 Å². The summed E-state index contributed by atoms with van der Waals surface area (Å²) in [5.41, 5.74) is 0. The molecule has 0 bridgehead atoms. The van der Waals surface area contributed by atoms with Gasteiger partial charge in [-0.05, 0) is 41.2 Å². The second-order valence-corrected chi connectivity index (χ2v) is 5.25. The van der Waals surface area contributed by atoms with Crippen LogP contribution in [0.25, 0.3) is 0 Å². The largest absolute Gasteiger partial charge is 0.284 e. The summed E-state index contributed by atoms with van der Waals surface area (Å²) in [7, 11) is 0. The van der Waals surface area contributed by atoms with E-state index in [1.54, 1.807) is 0 Å². The van der Waals surface area contributed by atoms with Gasteiger partial charge in [-0.15, -0.1) is 0 Å². The molecule has 1 atom stereocenters. The molecule has 1 unspecified atom stereocenters. The van der Waals surface area contributed by atoms with Crippen LogP contribution in [-0.4, -0.2) is 27.8 Å². The first kappa shape index (κ1) is 11.1. The number of aromatic nitrogens is 2. The van der Waals surface area contributed by atoms with E-state index in [1.165, 1.54) is 32.4 Å². The van der Waals surface area contributed by atoms with E-state index in [9.17, 15) is 0 Å². The van der Waals surface area contributed by atoms with Crippen LogP contribution in [0, 0.1) is 5.92 Å². The molecule has 0 amide bonds. The molecule has 2 heterocycles. The van der Waals surface area contributed by atoms with E-state index in [1.807, 2.05) is 17.1 Å². The topological polar surface area (TPSA) is 21.1 Å². The third-order valence-corrected chi connectivity index (χ3v) is 3.54. The minimum atomic E-state index is 0.887. The van der Waals surface area contributed by atoms with Crippen molar-refractivity contribution < 1.29 is 0 Å². The Morgan fingerprint density at radius 3 is 3.13 bits per heavy atom. The van der Waals surface area contributed by atoms with E-state index in [-0.39, 0.29) is 0 Å². The molecule has 0 radical (unpaired) electrons. The second-order valence-electron chi connectivity index (χ2n) is 4.33. The first-order valence-corrected chi connectivity index (χ1v) is 6.47. The minimum Gasteiger partial charge on any atom is -0.284 e. The molecule has 84 valence electrons. The molecule has 0 saturated carbocycles. The Bertz CT molecular complexity index is 311. The minimum absolute atomic E-state index is 0.887. The summed E-state index contributed by atoms with van der Waals surface area (Å²) in [6.07, 6.45) is 7.92. The molecule has 1 saturated heterocycles. The summed E-state index contributed by atoms with van der Waals surface area (Å²) in [4.78, 5) is 2.50. The molecular weight excluding hydrogens is 254 g/mol. The van der Waals surface area contributed by atoms with Crippen molar-refractivity contribution in [2.75, 3.05) is 13.1 Å². The van der Waals surface area contributed by atoms with Crippen molar-refractivity contribution >= 4 is 15.9 Å². The zero-order chi connectivity index (χ0) is 10.7. The third-order valence-electron chi connectivity index (χ3n) is 3.13. The monoisotopic (exact) mass is 271 g/mol. The molecule has 1 aliphatic heterocycles. The predicted octanol–water partition coefficient (Wildman–Crippen LogP) is 2.73. The maximum Gasteiger partial charge on any atom is 0.0929 e. The number of hydrogen-bond donors (Lipinski definition) is 0. The molecule has 0 spiro atoms. The lowest BCUT2D eigenvalue weighted by molar-refractivity contribution is 0.130. The van der Waals surface area contributed by atoms with E-state index in [2.05, 4.69) is 32.9 Å². The number of halogens is 1. The lowest BCUT2D eigenvalue weighted by Crippen LogP contribution is -2.36. The van der Waals surface area contributed by atoms with Crippen LogP contribution in [0.4, 0.5) is 0 Å². The van der Waals surface area contributed by atoms with Gasteiger partial charge in [0.15, 0.2) is 0 Å². The highest BCUT2D eigenvalue weighted by atomic mass is 79.9. The van der Waals surface area contributed by atoms with Crippen LogP contribution in [0.2, 0.25) is 0 Å². The number of hydrogen-bond acceptors (Lipinski definition) is 2. The number of likely N-dealkylation sites (tertiary alicyclic amines) is 1. The van der Waals surface area contributed by atoms with Crippen LogP contribution in [0.1, 0.15) is 26.2 Å². The quantitative estimate of drug-likeness (QED) is 0.843. The smallest absolute Gasteiger partial charge is 0.0929 e. The SMILES string of the molecule is CCC1CCCN(Cn2cc(Br)cn2)C1. The Kier molecular flexibility index (Phi) is 3.81. The van der Waals surface area contributed by atoms with Gasteiger partial charge in [-0.2, -0.15) is 5.10 Å². The van der Waals surface area contributed by atoms with Crippen LogP contribution in [-0.2, 0) is 6.67 Å². The van der Waals surface area contributed by atoms with Crippen molar-refractivity contribution in [2.45, 2.75) is 32.9 Å². The molecule has 0 aliphatic carbocycles. The average Bonchev–Trinajstić information content (AvgIpc) is 2.64. The fourth-order valence-electron chi connectivity index (χ4n) is 2.23. The molecule has 1 aliphatic rings. The van der Waals surface area contributed by atoms with Gasteiger partial charge in [0, 0.05) is 12.7 Å². The van der Waals surface area contributed by atoms with Crippen molar-refractivity contribution in [1.82, 2.24) is 14.7 Å². The zero-order valence-electron chi connectivity index (χ0n) is 9.19.